The maximum absolute atomic E-state index is 13.2. The quantitative estimate of drug-likeness (QED) is 0.389. The van der Waals surface area contributed by atoms with E-state index in [4.69, 9.17) is 5.73 Å². The summed E-state index contributed by atoms with van der Waals surface area (Å²) in [4.78, 5) is 28.1. The third-order valence-electron chi connectivity index (χ3n) is 9.25. The zero-order chi connectivity index (χ0) is 32.4. The SMILES string of the molecule is Cn1nc(N2CCC(=O)NC2=O)c2ccc(C3CCN(CCC#Cc4cc(S(=O)(=O)N5CCC(N)CC5)ccc4C#N)CC3)cc21. The fourth-order valence-electron chi connectivity index (χ4n) is 6.49. The molecule has 2 aromatic carbocycles. The number of benzene rings is 2. The molecule has 46 heavy (non-hydrogen) atoms. The predicted molar refractivity (Wildman–Crippen MR) is 173 cm³/mol. The van der Waals surface area contributed by atoms with Gasteiger partial charge in [-0.1, -0.05) is 17.9 Å². The molecule has 6 rings (SSSR count). The maximum Gasteiger partial charge on any atom is 0.329 e. The van der Waals surface area contributed by atoms with Gasteiger partial charge in [0.1, 0.15) is 6.07 Å². The van der Waals surface area contributed by atoms with E-state index in [0.717, 1.165) is 43.4 Å². The van der Waals surface area contributed by atoms with Gasteiger partial charge in [-0.25, -0.2) is 13.2 Å². The van der Waals surface area contributed by atoms with E-state index in [-0.39, 0.29) is 23.3 Å². The molecule has 13 heteroatoms. The topological polar surface area (TPSA) is 158 Å². The summed E-state index contributed by atoms with van der Waals surface area (Å²) >= 11 is 0. The van der Waals surface area contributed by atoms with Crippen LogP contribution in [0.5, 0.6) is 0 Å². The van der Waals surface area contributed by atoms with Crippen LogP contribution in [0.15, 0.2) is 41.3 Å². The Morgan fingerprint density at radius 1 is 1.00 bits per heavy atom. The first-order valence-electron chi connectivity index (χ1n) is 15.7. The molecule has 3 amide bonds. The molecule has 0 saturated carbocycles. The van der Waals surface area contributed by atoms with Crippen LogP contribution in [-0.4, -0.2) is 84.7 Å². The summed E-state index contributed by atoms with van der Waals surface area (Å²) in [6.45, 7) is 3.74. The first-order chi connectivity index (χ1) is 22.1. The number of nitriles is 1. The van der Waals surface area contributed by atoms with Crippen molar-refractivity contribution in [3.8, 4) is 17.9 Å². The second-order valence-electron chi connectivity index (χ2n) is 12.2. The number of carbonyl (C=O) groups excluding carboxylic acids is 2. The molecule has 3 saturated heterocycles. The molecular weight excluding hydrogens is 604 g/mol. The standard InChI is InChI=1S/C33H38N8O4S/c1-38-30-21-25(6-8-29(30)32(37-38)41-19-13-31(42)36-33(41)43)23-9-15-39(16-10-23)14-3-2-4-24-20-28(7-5-26(24)22-34)46(44,45)40-17-11-27(35)12-18-40/h5-8,20-21,23,27H,3,9-19,35H2,1H3,(H,36,42,43). The number of nitrogens with one attached hydrogen (secondary N) is 1. The number of anilines is 1. The van der Waals surface area contributed by atoms with Gasteiger partial charge >= 0.3 is 6.03 Å². The molecule has 1 aromatic heterocycles. The van der Waals surface area contributed by atoms with Gasteiger partial charge in [-0.15, -0.1) is 0 Å². The zero-order valence-electron chi connectivity index (χ0n) is 25.9. The van der Waals surface area contributed by atoms with Crippen molar-refractivity contribution in [2.75, 3.05) is 44.2 Å². The Morgan fingerprint density at radius 2 is 1.76 bits per heavy atom. The number of fused-ring (bicyclic) bond motifs is 1. The fourth-order valence-corrected chi connectivity index (χ4v) is 7.98. The molecule has 3 aromatic rings. The number of hydrogen-bond acceptors (Lipinski definition) is 8. The largest absolute Gasteiger partial charge is 0.329 e. The van der Waals surface area contributed by atoms with Gasteiger partial charge in [0.15, 0.2) is 5.82 Å². The van der Waals surface area contributed by atoms with Crippen LogP contribution in [0.25, 0.3) is 10.9 Å². The highest BCUT2D eigenvalue weighted by Crippen LogP contribution is 2.33. The number of aryl methyl sites for hydroxylation is 1. The average Bonchev–Trinajstić information content (AvgIpc) is 3.38. The molecule has 0 atom stereocenters. The summed E-state index contributed by atoms with van der Waals surface area (Å²) in [6.07, 6.45) is 4.12. The number of aromatic nitrogens is 2. The van der Waals surface area contributed by atoms with Gasteiger partial charge < -0.3 is 10.6 Å². The van der Waals surface area contributed by atoms with Crippen LogP contribution >= 0.6 is 0 Å². The van der Waals surface area contributed by atoms with Crippen LogP contribution in [0, 0.1) is 23.2 Å². The Hall–Kier alpha value is -4.27. The van der Waals surface area contributed by atoms with Gasteiger partial charge in [0.25, 0.3) is 0 Å². The van der Waals surface area contributed by atoms with E-state index in [2.05, 4.69) is 45.4 Å². The maximum atomic E-state index is 13.2. The number of carbonyl (C=O) groups is 2. The lowest BCUT2D eigenvalue weighted by molar-refractivity contribution is -0.120. The third kappa shape index (κ3) is 6.50. The molecule has 0 bridgehead atoms. The van der Waals surface area contributed by atoms with Gasteiger partial charge in [0, 0.05) is 63.1 Å². The number of sulfonamides is 1. The van der Waals surface area contributed by atoms with E-state index >= 15 is 0 Å². The lowest BCUT2D eigenvalue weighted by atomic mass is 9.89. The summed E-state index contributed by atoms with van der Waals surface area (Å²) in [5, 5.41) is 17.4. The molecule has 3 aliphatic heterocycles. The van der Waals surface area contributed by atoms with E-state index in [9.17, 15) is 23.3 Å². The first kappa shape index (κ1) is 31.7. The number of nitrogens with zero attached hydrogens (tertiary/aromatic N) is 6. The van der Waals surface area contributed by atoms with Crippen molar-refractivity contribution in [3.63, 3.8) is 0 Å². The second kappa shape index (κ2) is 13.2. The van der Waals surface area contributed by atoms with Crippen molar-refractivity contribution in [1.29, 1.82) is 5.26 Å². The summed E-state index contributed by atoms with van der Waals surface area (Å²) < 4.78 is 29.6. The normalized spacial score (nSPS) is 19.1. The zero-order valence-corrected chi connectivity index (χ0v) is 26.7. The summed E-state index contributed by atoms with van der Waals surface area (Å²) in [5.41, 5.74) is 8.93. The van der Waals surface area contributed by atoms with Crippen LogP contribution < -0.4 is 16.0 Å². The minimum absolute atomic E-state index is 0.0243. The van der Waals surface area contributed by atoms with Crippen molar-refractivity contribution in [3.05, 3.63) is 53.1 Å². The summed E-state index contributed by atoms with van der Waals surface area (Å²) in [5.74, 6) is 6.92. The summed E-state index contributed by atoms with van der Waals surface area (Å²) in [6, 6.07) is 12.6. The number of likely N-dealkylation sites (tertiary alicyclic amines) is 1. The van der Waals surface area contributed by atoms with Gasteiger partial charge in [-0.05, 0) is 80.6 Å². The third-order valence-corrected chi connectivity index (χ3v) is 11.1. The highest BCUT2D eigenvalue weighted by Gasteiger charge is 2.30. The number of amides is 3. The molecule has 4 heterocycles. The van der Waals surface area contributed by atoms with E-state index in [1.807, 2.05) is 13.1 Å². The molecule has 0 aliphatic carbocycles. The van der Waals surface area contributed by atoms with Crippen LogP contribution in [0.3, 0.4) is 0 Å². The number of nitrogens with two attached hydrogens (primary N) is 1. The van der Waals surface area contributed by atoms with Crippen LogP contribution in [0.2, 0.25) is 0 Å². The number of rotatable bonds is 6. The van der Waals surface area contributed by atoms with Gasteiger partial charge in [-0.3, -0.25) is 19.7 Å². The van der Waals surface area contributed by atoms with E-state index in [1.165, 1.54) is 33.0 Å². The van der Waals surface area contributed by atoms with Crippen LogP contribution in [-0.2, 0) is 21.9 Å². The van der Waals surface area contributed by atoms with E-state index in [1.54, 1.807) is 4.68 Å². The number of imide groups is 1. The molecule has 3 aliphatic rings. The van der Waals surface area contributed by atoms with Crippen molar-refractivity contribution in [2.24, 2.45) is 12.8 Å². The highest BCUT2D eigenvalue weighted by atomic mass is 32.2. The van der Waals surface area contributed by atoms with Gasteiger partial charge in [0.05, 0.1) is 16.0 Å². The second-order valence-corrected chi connectivity index (χ2v) is 14.1. The Kier molecular flexibility index (Phi) is 9.11. The lowest BCUT2D eigenvalue weighted by Crippen LogP contribution is -2.49. The lowest BCUT2D eigenvalue weighted by Gasteiger charge is -2.31. The number of hydrogen-bond donors (Lipinski definition) is 2. The molecular formula is C33H38N8O4S. The van der Waals surface area contributed by atoms with E-state index in [0.29, 0.717) is 61.8 Å². The minimum Gasteiger partial charge on any atom is -0.328 e. The number of urea groups is 1. The Labute approximate surface area is 269 Å². The molecule has 3 fully saturated rings. The van der Waals surface area contributed by atoms with Crippen molar-refractivity contribution in [2.45, 2.75) is 55.4 Å². The van der Waals surface area contributed by atoms with Crippen molar-refractivity contribution in [1.82, 2.24) is 24.3 Å². The van der Waals surface area contributed by atoms with Crippen molar-refractivity contribution >= 4 is 38.7 Å². The van der Waals surface area contributed by atoms with Crippen LogP contribution in [0.1, 0.15) is 61.1 Å². The molecule has 0 spiro atoms. The monoisotopic (exact) mass is 642 g/mol. The average molecular weight is 643 g/mol. The predicted octanol–water partition coefficient (Wildman–Crippen LogP) is 2.62. The highest BCUT2D eigenvalue weighted by molar-refractivity contribution is 7.89. The smallest absolute Gasteiger partial charge is 0.328 e. The van der Waals surface area contributed by atoms with E-state index < -0.39 is 16.1 Å². The molecule has 240 valence electrons. The van der Waals surface area contributed by atoms with Gasteiger partial charge in [0.2, 0.25) is 15.9 Å². The molecule has 0 radical (unpaired) electrons. The molecule has 3 N–H and O–H groups in total. The Bertz CT molecular complexity index is 1870. The first-order valence-corrected chi connectivity index (χ1v) is 17.2. The van der Waals surface area contributed by atoms with Crippen molar-refractivity contribution < 1.29 is 18.0 Å². The van der Waals surface area contributed by atoms with Gasteiger partial charge in [-0.2, -0.15) is 14.7 Å². The Morgan fingerprint density at radius 3 is 2.48 bits per heavy atom. The molecule has 0 unspecified atom stereocenters. The van der Waals surface area contributed by atoms with Crippen LogP contribution in [0.4, 0.5) is 10.6 Å². The molecule has 12 nitrogen and oxygen atoms in total. The minimum atomic E-state index is -3.67. The number of piperidine rings is 2. The fraction of sp³-hybridized carbons (Fsp3) is 0.455. The summed E-state index contributed by atoms with van der Waals surface area (Å²) in [7, 11) is -1.81. The Balaban J connectivity index is 1.05.